The summed E-state index contributed by atoms with van der Waals surface area (Å²) in [6.07, 6.45) is 3.55. The minimum atomic E-state index is -0.417. The molecule has 1 nitrogen and oxygen atoms in total. The van der Waals surface area contributed by atoms with Crippen LogP contribution in [0.3, 0.4) is 0 Å². The van der Waals surface area contributed by atoms with Crippen LogP contribution in [0.4, 0.5) is 0 Å². The molecular weight excluding hydrogens is 172 g/mol. The third-order valence-electron chi connectivity index (χ3n) is 5.90. The van der Waals surface area contributed by atoms with Crippen molar-refractivity contribution >= 4 is 0 Å². The highest BCUT2D eigenvalue weighted by molar-refractivity contribution is 5.18. The van der Waals surface area contributed by atoms with Crippen LogP contribution in [0.25, 0.3) is 0 Å². The zero-order valence-corrected chi connectivity index (χ0v) is 10.2. The Kier molecular flexibility index (Phi) is 1.91. The topological polar surface area (TPSA) is 20.2 Å². The van der Waals surface area contributed by atoms with Crippen LogP contribution in [-0.2, 0) is 0 Å². The summed E-state index contributed by atoms with van der Waals surface area (Å²) >= 11 is 0. The normalized spacial score (nSPS) is 50.4. The van der Waals surface area contributed by atoms with Gasteiger partial charge in [0, 0.05) is 5.41 Å². The van der Waals surface area contributed by atoms with E-state index in [0.717, 1.165) is 12.3 Å². The second-order valence-electron chi connectivity index (χ2n) is 6.57. The van der Waals surface area contributed by atoms with Crippen LogP contribution in [0.2, 0.25) is 0 Å². The van der Waals surface area contributed by atoms with Gasteiger partial charge in [0.25, 0.3) is 0 Å². The molecule has 2 aliphatic carbocycles. The van der Waals surface area contributed by atoms with E-state index in [1.807, 2.05) is 0 Å². The molecule has 0 aromatic heterocycles. The van der Waals surface area contributed by atoms with Crippen molar-refractivity contribution in [2.45, 2.75) is 59.5 Å². The van der Waals surface area contributed by atoms with Gasteiger partial charge < -0.3 is 5.11 Å². The van der Waals surface area contributed by atoms with Crippen molar-refractivity contribution in [2.24, 2.45) is 22.7 Å². The maximum Gasteiger partial charge on any atom is 0.0731 e. The Bertz CT molecular complexity index is 256. The third kappa shape index (κ3) is 0.856. The molecular formula is C13H24O. The summed E-state index contributed by atoms with van der Waals surface area (Å²) in [6, 6.07) is 0. The van der Waals surface area contributed by atoms with Gasteiger partial charge in [0.1, 0.15) is 0 Å². The molecule has 0 saturated heterocycles. The molecule has 2 aliphatic rings. The average Bonchev–Trinajstić information content (AvgIpc) is 2.36. The van der Waals surface area contributed by atoms with Crippen molar-refractivity contribution in [3.05, 3.63) is 0 Å². The second kappa shape index (κ2) is 2.55. The fourth-order valence-electron chi connectivity index (χ4n) is 4.20. The standard InChI is InChI=1S/C13H24O/c1-9(2)13(14)8-10-6-7-12(13,5)11(10,3)4/h9-10,14H,6-8H2,1-5H3. The molecule has 0 spiro atoms. The molecule has 0 amide bonds. The predicted octanol–water partition coefficient (Wildman–Crippen LogP) is 3.22. The fraction of sp³-hybridized carbons (Fsp3) is 1.00. The summed E-state index contributed by atoms with van der Waals surface area (Å²) in [6.45, 7) is 11.3. The van der Waals surface area contributed by atoms with Gasteiger partial charge >= 0.3 is 0 Å². The number of hydrogen-bond donors (Lipinski definition) is 1. The maximum atomic E-state index is 10.9. The van der Waals surface area contributed by atoms with Crippen molar-refractivity contribution in [1.29, 1.82) is 0 Å². The summed E-state index contributed by atoms with van der Waals surface area (Å²) in [7, 11) is 0. The zero-order chi connectivity index (χ0) is 10.8. The van der Waals surface area contributed by atoms with Crippen molar-refractivity contribution < 1.29 is 5.11 Å². The Labute approximate surface area is 87.9 Å². The molecule has 82 valence electrons. The van der Waals surface area contributed by atoms with E-state index >= 15 is 0 Å². The Morgan fingerprint density at radius 1 is 1.21 bits per heavy atom. The molecule has 2 saturated carbocycles. The Hall–Kier alpha value is -0.0400. The van der Waals surface area contributed by atoms with E-state index in [1.165, 1.54) is 12.8 Å². The monoisotopic (exact) mass is 196 g/mol. The van der Waals surface area contributed by atoms with Crippen LogP contribution in [0.1, 0.15) is 53.9 Å². The van der Waals surface area contributed by atoms with Crippen LogP contribution >= 0.6 is 0 Å². The van der Waals surface area contributed by atoms with E-state index in [1.54, 1.807) is 0 Å². The van der Waals surface area contributed by atoms with E-state index in [-0.39, 0.29) is 5.41 Å². The first-order valence-corrected chi connectivity index (χ1v) is 5.98. The van der Waals surface area contributed by atoms with Gasteiger partial charge in [-0.25, -0.2) is 0 Å². The van der Waals surface area contributed by atoms with Gasteiger partial charge in [-0.1, -0.05) is 34.6 Å². The largest absolute Gasteiger partial charge is 0.389 e. The lowest BCUT2D eigenvalue weighted by Crippen LogP contribution is -2.50. The molecule has 0 aromatic carbocycles. The van der Waals surface area contributed by atoms with Crippen LogP contribution in [-0.4, -0.2) is 10.7 Å². The Morgan fingerprint density at radius 2 is 1.79 bits per heavy atom. The molecule has 0 aliphatic heterocycles. The van der Waals surface area contributed by atoms with Gasteiger partial charge in [-0.3, -0.25) is 0 Å². The highest BCUT2D eigenvalue weighted by Gasteiger charge is 2.68. The summed E-state index contributed by atoms with van der Waals surface area (Å²) in [5.41, 5.74) is 0.0459. The van der Waals surface area contributed by atoms with Crippen LogP contribution in [0, 0.1) is 22.7 Å². The first-order valence-electron chi connectivity index (χ1n) is 5.98. The molecule has 14 heavy (non-hydrogen) atoms. The molecule has 1 N–H and O–H groups in total. The smallest absolute Gasteiger partial charge is 0.0731 e. The van der Waals surface area contributed by atoms with Crippen molar-refractivity contribution in [2.75, 3.05) is 0 Å². The van der Waals surface area contributed by atoms with Crippen LogP contribution < -0.4 is 0 Å². The highest BCUT2D eigenvalue weighted by Crippen LogP contribution is 2.71. The maximum absolute atomic E-state index is 10.9. The zero-order valence-electron chi connectivity index (χ0n) is 10.2. The molecule has 2 bridgehead atoms. The highest BCUT2D eigenvalue weighted by atomic mass is 16.3. The first-order chi connectivity index (χ1) is 6.26. The Morgan fingerprint density at radius 3 is 2.00 bits per heavy atom. The summed E-state index contributed by atoms with van der Waals surface area (Å²) < 4.78 is 0. The summed E-state index contributed by atoms with van der Waals surface area (Å²) in [5, 5.41) is 10.9. The predicted molar refractivity (Wildman–Crippen MR) is 59.0 cm³/mol. The molecule has 2 fully saturated rings. The van der Waals surface area contributed by atoms with E-state index in [9.17, 15) is 5.11 Å². The molecule has 0 aromatic rings. The summed E-state index contributed by atoms with van der Waals surface area (Å²) in [5.74, 6) is 1.12. The van der Waals surface area contributed by atoms with Gasteiger partial charge in [-0.15, -0.1) is 0 Å². The van der Waals surface area contributed by atoms with Gasteiger partial charge in [0.15, 0.2) is 0 Å². The molecule has 0 radical (unpaired) electrons. The molecule has 1 heteroatoms. The minimum Gasteiger partial charge on any atom is -0.389 e. The molecule has 3 atom stereocenters. The lowest BCUT2D eigenvalue weighted by molar-refractivity contribution is -0.121. The van der Waals surface area contributed by atoms with Crippen LogP contribution in [0.15, 0.2) is 0 Å². The fourth-order valence-corrected chi connectivity index (χ4v) is 4.20. The first kappa shape index (κ1) is 10.5. The van der Waals surface area contributed by atoms with Crippen molar-refractivity contribution in [3.8, 4) is 0 Å². The van der Waals surface area contributed by atoms with Gasteiger partial charge in [-0.05, 0) is 36.5 Å². The van der Waals surface area contributed by atoms with Gasteiger partial charge in [0.05, 0.1) is 5.60 Å². The average molecular weight is 196 g/mol. The Balaban J connectivity index is 2.45. The SMILES string of the molecule is CC(C)C1(O)CC2CCC1(C)C2(C)C. The summed E-state index contributed by atoms with van der Waals surface area (Å²) in [4.78, 5) is 0. The number of aliphatic hydroxyl groups is 1. The molecule has 2 rings (SSSR count). The lowest BCUT2D eigenvalue weighted by Gasteiger charge is -2.47. The van der Waals surface area contributed by atoms with Gasteiger partial charge in [-0.2, -0.15) is 0 Å². The lowest BCUT2D eigenvalue weighted by atomic mass is 9.61. The van der Waals surface area contributed by atoms with Crippen molar-refractivity contribution in [1.82, 2.24) is 0 Å². The minimum absolute atomic E-state index is 0.138. The van der Waals surface area contributed by atoms with Crippen molar-refractivity contribution in [3.63, 3.8) is 0 Å². The quantitative estimate of drug-likeness (QED) is 0.682. The molecule has 0 heterocycles. The van der Waals surface area contributed by atoms with E-state index in [0.29, 0.717) is 11.3 Å². The van der Waals surface area contributed by atoms with E-state index < -0.39 is 5.60 Å². The van der Waals surface area contributed by atoms with E-state index in [2.05, 4.69) is 34.6 Å². The second-order valence-corrected chi connectivity index (χ2v) is 6.57. The number of fused-ring (bicyclic) bond motifs is 2. The van der Waals surface area contributed by atoms with Gasteiger partial charge in [0.2, 0.25) is 0 Å². The number of rotatable bonds is 1. The molecule has 3 unspecified atom stereocenters. The third-order valence-corrected chi connectivity index (χ3v) is 5.90. The number of hydrogen-bond acceptors (Lipinski definition) is 1. The van der Waals surface area contributed by atoms with Crippen LogP contribution in [0.5, 0.6) is 0 Å². The van der Waals surface area contributed by atoms with E-state index in [4.69, 9.17) is 0 Å².